The Balaban J connectivity index is 1.61. The average molecular weight is 533 g/mol. The van der Waals surface area contributed by atoms with Crippen molar-refractivity contribution < 1.29 is 22.7 Å². The van der Waals surface area contributed by atoms with Gasteiger partial charge in [0.25, 0.3) is 5.91 Å². The Labute approximate surface area is 216 Å². The molecule has 194 valence electrons. The van der Waals surface area contributed by atoms with Crippen molar-refractivity contribution in [3.63, 3.8) is 0 Å². The van der Waals surface area contributed by atoms with E-state index in [0.717, 1.165) is 10.2 Å². The van der Waals surface area contributed by atoms with Crippen LogP contribution >= 0.6 is 11.3 Å². The van der Waals surface area contributed by atoms with E-state index in [0.29, 0.717) is 42.6 Å². The summed E-state index contributed by atoms with van der Waals surface area (Å²) in [5.41, 5.74) is 1.15. The monoisotopic (exact) mass is 532 g/mol. The van der Waals surface area contributed by atoms with Gasteiger partial charge in [-0.1, -0.05) is 11.3 Å². The van der Waals surface area contributed by atoms with Crippen LogP contribution < -0.4 is 9.64 Å². The maximum atomic E-state index is 13.6. The van der Waals surface area contributed by atoms with Crippen LogP contribution in [0.1, 0.15) is 24.2 Å². The molecule has 1 aromatic heterocycles. The molecule has 1 amide bonds. The number of anilines is 1. The first-order valence-electron chi connectivity index (χ1n) is 11.8. The number of morpholine rings is 1. The fourth-order valence-electron chi connectivity index (χ4n) is 4.12. The van der Waals surface area contributed by atoms with E-state index in [2.05, 4.69) is 4.98 Å². The third-order valence-electron chi connectivity index (χ3n) is 5.96. The van der Waals surface area contributed by atoms with Crippen LogP contribution in [0.3, 0.4) is 0 Å². The zero-order valence-corrected chi connectivity index (χ0v) is 22.8. The van der Waals surface area contributed by atoms with E-state index >= 15 is 0 Å². The number of methoxy groups -OCH3 is 1. The van der Waals surface area contributed by atoms with Gasteiger partial charge >= 0.3 is 0 Å². The lowest BCUT2D eigenvalue weighted by Gasteiger charge is -2.34. The van der Waals surface area contributed by atoms with Crippen molar-refractivity contribution >= 4 is 42.6 Å². The van der Waals surface area contributed by atoms with E-state index in [4.69, 9.17) is 9.47 Å². The predicted octanol–water partition coefficient (Wildman–Crippen LogP) is 3.31. The van der Waals surface area contributed by atoms with Gasteiger partial charge in [0.15, 0.2) is 5.13 Å². The van der Waals surface area contributed by atoms with Crippen molar-refractivity contribution in [1.82, 2.24) is 14.2 Å². The van der Waals surface area contributed by atoms with Gasteiger partial charge in [-0.25, -0.2) is 13.4 Å². The lowest BCUT2D eigenvalue weighted by atomic mass is 10.2. The standard InChI is InChI=1S/C25H32N4O5S2/c1-17-15-28(16-18(2)34-17)36(31,32)21-9-6-19(7-10-21)24(30)29(13-12-27(3)4)25-26-22-14-20(33-5)8-11-23(22)35-25/h6-11,14,17-18H,12-13,15-16H2,1-5H3. The van der Waals surface area contributed by atoms with E-state index in [9.17, 15) is 13.2 Å². The summed E-state index contributed by atoms with van der Waals surface area (Å²) in [5, 5.41) is 0.582. The van der Waals surface area contributed by atoms with Crippen molar-refractivity contribution in [2.24, 2.45) is 0 Å². The molecule has 0 bridgehead atoms. The van der Waals surface area contributed by atoms with E-state index in [1.807, 2.05) is 51.0 Å². The Morgan fingerprint density at radius 1 is 1.11 bits per heavy atom. The maximum absolute atomic E-state index is 13.6. The maximum Gasteiger partial charge on any atom is 0.260 e. The number of likely N-dealkylation sites (N-methyl/N-ethyl adjacent to an activating group) is 1. The van der Waals surface area contributed by atoms with Gasteiger partial charge < -0.3 is 14.4 Å². The molecule has 1 saturated heterocycles. The third kappa shape index (κ3) is 5.70. The molecule has 4 rings (SSSR count). The van der Waals surface area contributed by atoms with Crippen LogP contribution in [0.15, 0.2) is 47.4 Å². The number of carbonyl (C=O) groups excluding carboxylic acids is 1. The van der Waals surface area contributed by atoms with Gasteiger partial charge in [0.1, 0.15) is 5.75 Å². The van der Waals surface area contributed by atoms with Crippen LogP contribution in [0, 0.1) is 0 Å². The van der Waals surface area contributed by atoms with Crippen LogP contribution in [0.25, 0.3) is 10.2 Å². The zero-order valence-electron chi connectivity index (χ0n) is 21.2. The highest BCUT2D eigenvalue weighted by atomic mass is 32.2. The second-order valence-corrected chi connectivity index (χ2v) is 12.1. The summed E-state index contributed by atoms with van der Waals surface area (Å²) in [6.45, 7) is 5.40. The first-order chi connectivity index (χ1) is 17.1. The van der Waals surface area contributed by atoms with Crippen LogP contribution in [0.4, 0.5) is 5.13 Å². The van der Waals surface area contributed by atoms with Crippen LogP contribution in [-0.2, 0) is 14.8 Å². The molecule has 2 atom stereocenters. The summed E-state index contributed by atoms with van der Waals surface area (Å²) >= 11 is 1.43. The molecule has 2 aromatic carbocycles. The fraction of sp³-hybridized carbons (Fsp3) is 0.440. The highest BCUT2D eigenvalue weighted by Crippen LogP contribution is 2.32. The first-order valence-corrected chi connectivity index (χ1v) is 14.0. The summed E-state index contributed by atoms with van der Waals surface area (Å²) in [6.07, 6.45) is -0.355. The van der Waals surface area contributed by atoms with Gasteiger partial charge in [0.05, 0.1) is 34.4 Å². The highest BCUT2D eigenvalue weighted by Gasteiger charge is 2.32. The molecule has 1 aliphatic heterocycles. The van der Waals surface area contributed by atoms with Gasteiger partial charge in [0.2, 0.25) is 10.0 Å². The predicted molar refractivity (Wildman–Crippen MR) is 142 cm³/mol. The normalized spacial score (nSPS) is 19.1. The molecule has 1 aliphatic rings. The molecule has 2 unspecified atom stereocenters. The fourth-order valence-corrected chi connectivity index (χ4v) is 6.68. The van der Waals surface area contributed by atoms with Crippen molar-refractivity contribution in [3.8, 4) is 5.75 Å². The van der Waals surface area contributed by atoms with Gasteiger partial charge in [-0.05, 0) is 64.3 Å². The molecular formula is C25H32N4O5S2. The molecule has 0 spiro atoms. The van der Waals surface area contributed by atoms with Gasteiger partial charge in [0, 0.05) is 37.8 Å². The Hall–Kier alpha value is -2.57. The summed E-state index contributed by atoms with van der Waals surface area (Å²) in [6, 6.07) is 11.8. The number of aromatic nitrogens is 1. The SMILES string of the molecule is COc1ccc2sc(N(CCN(C)C)C(=O)c3ccc(S(=O)(=O)N4CC(C)OC(C)C4)cc3)nc2c1. The van der Waals surface area contributed by atoms with Crippen LogP contribution in [-0.4, -0.2) is 88.1 Å². The van der Waals surface area contributed by atoms with Crippen molar-refractivity contribution in [3.05, 3.63) is 48.0 Å². The van der Waals surface area contributed by atoms with Crippen molar-refractivity contribution in [2.45, 2.75) is 31.0 Å². The average Bonchev–Trinajstić information content (AvgIpc) is 3.26. The molecule has 0 aliphatic carbocycles. The van der Waals surface area contributed by atoms with E-state index in [1.54, 1.807) is 24.1 Å². The highest BCUT2D eigenvalue weighted by molar-refractivity contribution is 7.89. The number of fused-ring (bicyclic) bond motifs is 1. The molecule has 36 heavy (non-hydrogen) atoms. The minimum absolute atomic E-state index is 0.160. The minimum atomic E-state index is -3.69. The number of rotatable bonds is 8. The second-order valence-electron chi connectivity index (χ2n) is 9.19. The Morgan fingerprint density at radius 3 is 2.39 bits per heavy atom. The zero-order chi connectivity index (χ0) is 26.0. The number of carbonyl (C=O) groups is 1. The lowest BCUT2D eigenvalue weighted by molar-refractivity contribution is -0.0440. The molecular weight excluding hydrogens is 500 g/mol. The van der Waals surface area contributed by atoms with Crippen molar-refractivity contribution in [1.29, 1.82) is 0 Å². The summed E-state index contributed by atoms with van der Waals surface area (Å²) in [4.78, 5) is 22.1. The van der Waals surface area contributed by atoms with E-state index in [-0.39, 0.29) is 23.0 Å². The Morgan fingerprint density at radius 2 is 1.78 bits per heavy atom. The summed E-state index contributed by atoms with van der Waals surface area (Å²) in [7, 11) is 1.80. The molecule has 0 radical (unpaired) electrons. The topological polar surface area (TPSA) is 92.3 Å². The second kappa shape index (κ2) is 10.8. The number of thiazole rings is 1. The largest absolute Gasteiger partial charge is 0.497 e. The summed E-state index contributed by atoms with van der Waals surface area (Å²) < 4.78 is 39.8. The molecule has 11 heteroatoms. The molecule has 2 heterocycles. The summed E-state index contributed by atoms with van der Waals surface area (Å²) in [5.74, 6) is 0.465. The number of amides is 1. The molecule has 9 nitrogen and oxygen atoms in total. The Kier molecular flexibility index (Phi) is 7.96. The molecule has 0 saturated carbocycles. The van der Waals surface area contributed by atoms with Gasteiger partial charge in [-0.2, -0.15) is 4.31 Å². The third-order valence-corrected chi connectivity index (χ3v) is 8.86. The van der Waals surface area contributed by atoms with Crippen molar-refractivity contribution in [2.75, 3.05) is 52.3 Å². The number of sulfonamides is 1. The Bertz CT molecular complexity index is 1310. The van der Waals surface area contributed by atoms with E-state index in [1.165, 1.54) is 27.8 Å². The lowest BCUT2D eigenvalue weighted by Crippen LogP contribution is -2.48. The smallest absolute Gasteiger partial charge is 0.260 e. The van der Waals surface area contributed by atoms with Gasteiger partial charge in [-0.3, -0.25) is 9.69 Å². The number of hydrogen-bond acceptors (Lipinski definition) is 8. The molecule has 1 fully saturated rings. The minimum Gasteiger partial charge on any atom is -0.497 e. The quantitative estimate of drug-likeness (QED) is 0.440. The number of hydrogen-bond donors (Lipinski definition) is 0. The number of benzene rings is 2. The molecule has 3 aromatic rings. The first kappa shape index (κ1) is 26.5. The number of nitrogens with zero attached hydrogens (tertiary/aromatic N) is 4. The molecule has 0 N–H and O–H groups in total. The number of ether oxygens (including phenoxy) is 2. The van der Waals surface area contributed by atoms with Crippen LogP contribution in [0.5, 0.6) is 5.75 Å². The van der Waals surface area contributed by atoms with Gasteiger partial charge in [-0.15, -0.1) is 0 Å². The van der Waals surface area contributed by atoms with E-state index < -0.39 is 10.0 Å². The van der Waals surface area contributed by atoms with Crippen LogP contribution in [0.2, 0.25) is 0 Å².